The number of hydrogen-bond acceptors (Lipinski definition) is 4. The standard InChI is InChI=1S/C11H13N3O2/c1-2-14(7-3-6-12)10-5-4-9(8-13-10)11(15)16/h4-5,8H,2-3,7H2,1H3,(H,15,16). The molecule has 0 saturated carbocycles. The quantitative estimate of drug-likeness (QED) is 0.812. The summed E-state index contributed by atoms with van der Waals surface area (Å²) >= 11 is 0. The third-order valence-corrected chi connectivity index (χ3v) is 2.19. The first kappa shape index (κ1) is 12.0. The Labute approximate surface area is 93.9 Å². The lowest BCUT2D eigenvalue weighted by atomic mass is 10.3. The molecule has 1 heterocycles. The summed E-state index contributed by atoms with van der Waals surface area (Å²) in [6, 6.07) is 5.24. The molecule has 0 saturated heterocycles. The van der Waals surface area contributed by atoms with Gasteiger partial charge >= 0.3 is 5.97 Å². The molecule has 0 bridgehead atoms. The number of carboxylic acids is 1. The van der Waals surface area contributed by atoms with Crippen molar-refractivity contribution in [2.24, 2.45) is 0 Å². The summed E-state index contributed by atoms with van der Waals surface area (Å²) in [6.45, 7) is 3.30. The van der Waals surface area contributed by atoms with Crippen molar-refractivity contribution in [3.8, 4) is 6.07 Å². The lowest BCUT2D eigenvalue weighted by molar-refractivity contribution is 0.0696. The van der Waals surface area contributed by atoms with E-state index >= 15 is 0 Å². The molecule has 0 fully saturated rings. The second kappa shape index (κ2) is 5.71. The van der Waals surface area contributed by atoms with Gasteiger partial charge in [0, 0.05) is 19.3 Å². The van der Waals surface area contributed by atoms with Crippen molar-refractivity contribution in [3.05, 3.63) is 23.9 Å². The molecule has 0 aliphatic rings. The summed E-state index contributed by atoms with van der Waals surface area (Å²) in [6.07, 6.45) is 1.75. The summed E-state index contributed by atoms with van der Waals surface area (Å²) < 4.78 is 0. The molecule has 0 amide bonds. The van der Waals surface area contributed by atoms with Crippen LogP contribution in [0.2, 0.25) is 0 Å². The Bertz CT molecular complexity index is 395. The smallest absolute Gasteiger partial charge is 0.337 e. The van der Waals surface area contributed by atoms with Crippen LogP contribution in [0.4, 0.5) is 5.82 Å². The average molecular weight is 219 g/mol. The zero-order chi connectivity index (χ0) is 12.0. The predicted molar refractivity (Wildman–Crippen MR) is 59.3 cm³/mol. The fourth-order valence-corrected chi connectivity index (χ4v) is 1.32. The number of carbonyl (C=O) groups is 1. The number of hydrogen-bond donors (Lipinski definition) is 1. The van der Waals surface area contributed by atoms with Gasteiger partial charge in [0.15, 0.2) is 0 Å². The van der Waals surface area contributed by atoms with Gasteiger partial charge in [-0.05, 0) is 19.1 Å². The Hall–Kier alpha value is -2.09. The van der Waals surface area contributed by atoms with E-state index < -0.39 is 5.97 Å². The maximum absolute atomic E-state index is 10.6. The first-order chi connectivity index (χ1) is 7.69. The Morgan fingerprint density at radius 2 is 2.38 bits per heavy atom. The average Bonchev–Trinajstić information content (AvgIpc) is 2.30. The molecule has 0 aliphatic heterocycles. The van der Waals surface area contributed by atoms with Crippen LogP contribution in [0.15, 0.2) is 18.3 Å². The number of pyridine rings is 1. The Morgan fingerprint density at radius 3 is 2.81 bits per heavy atom. The van der Waals surface area contributed by atoms with E-state index in [-0.39, 0.29) is 5.56 Å². The Kier molecular flexibility index (Phi) is 4.28. The molecule has 0 aromatic carbocycles. The first-order valence-corrected chi connectivity index (χ1v) is 5.00. The van der Waals surface area contributed by atoms with Gasteiger partial charge in [-0.3, -0.25) is 0 Å². The number of nitrogens with zero attached hydrogens (tertiary/aromatic N) is 3. The lowest BCUT2D eigenvalue weighted by Crippen LogP contribution is -2.24. The molecule has 0 atom stereocenters. The van der Waals surface area contributed by atoms with E-state index in [1.165, 1.54) is 12.3 Å². The van der Waals surface area contributed by atoms with Crippen LogP contribution < -0.4 is 4.90 Å². The number of anilines is 1. The molecular weight excluding hydrogens is 206 g/mol. The van der Waals surface area contributed by atoms with Crippen molar-refractivity contribution >= 4 is 11.8 Å². The van der Waals surface area contributed by atoms with Crippen LogP contribution in [-0.4, -0.2) is 29.1 Å². The van der Waals surface area contributed by atoms with Crippen molar-refractivity contribution in [2.75, 3.05) is 18.0 Å². The minimum absolute atomic E-state index is 0.167. The number of aromatic carboxylic acids is 1. The molecule has 1 aromatic rings. The lowest BCUT2D eigenvalue weighted by Gasteiger charge is -2.20. The van der Waals surface area contributed by atoms with Gasteiger partial charge in [0.1, 0.15) is 5.82 Å². The first-order valence-electron chi connectivity index (χ1n) is 5.00. The van der Waals surface area contributed by atoms with E-state index in [1.54, 1.807) is 6.07 Å². The predicted octanol–water partition coefficient (Wildman–Crippen LogP) is 1.52. The molecule has 0 aliphatic carbocycles. The molecule has 0 unspecified atom stereocenters. The SMILES string of the molecule is CCN(CCC#N)c1ccc(C(=O)O)cn1. The van der Waals surface area contributed by atoms with Crippen LogP contribution in [0.5, 0.6) is 0 Å². The van der Waals surface area contributed by atoms with E-state index in [4.69, 9.17) is 10.4 Å². The van der Waals surface area contributed by atoms with E-state index in [9.17, 15) is 4.79 Å². The third-order valence-electron chi connectivity index (χ3n) is 2.19. The van der Waals surface area contributed by atoms with Gasteiger partial charge in [0.2, 0.25) is 0 Å². The van der Waals surface area contributed by atoms with Crippen molar-refractivity contribution in [3.63, 3.8) is 0 Å². The highest BCUT2D eigenvalue weighted by Crippen LogP contribution is 2.11. The van der Waals surface area contributed by atoms with Gasteiger partial charge in [-0.1, -0.05) is 0 Å². The molecule has 1 rings (SSSR count). The van der Waals surface area contributed by atoms with Crippen molar-refractivity contribution < 1.29 is 9.90 Å². The van der Waals surface area contributed by atoms with Gasteiger partial charge in [-0.15, -0.1) is 0 Å². The van der Waals surface area contributed by atoms with Gasteiger partial charge in [-0.25, -0.2) is 9.78 Å². The van der Waals surface area contributed by atoms with Gasteiger partial charge in [0.25, 0.3) is 0 Å². The monoisotopic (exact) mass is 219 g/mol. The number of carboxylic acid groups (broad SMARTS) is 1. The Morgan fingerprint density at radius 1 is 1.62 bits per heavy atom. The van der Waals surface area contributed by atoms with Crippen LogP contribution >= 0.6 is 0 Å². The summed E-state index contributed by atoms with van der Waals surface area (Å²) in [5, 5.41) is 17.2. The number of nitriles is 1. The Balaban J connectivity index is 2.78. The maximum atomic E-state index is 10.6. The fourth-order valence-electron chi connectivity index (χ4n) is 1.32. The molecule has 0 spiro atoms. The topological polar surface area (TPSA) is 77.2 Å². The molecule has 1 aromatic heterocycles. The van der Waals surface area contributed by atoms with Crippen molar-refractivity contribution in [1.29, 1.82) is 5.26 Å². The second-order valence-electron chi connectivity index (χ2n) is 3.20. The summed E-state index contributed by atoms with van der Waals surface area (Å²) in [5.74, 6) is -0.290. The van der Waals surface area contributed by atoms with E-state index in [0.29, 0.717) is 18.8 Å². The normalized spacial score (nSPS) is 9.50. The highest BCUT2D eigenvalue weighted by molar-refractivity contribution is 5.87. The molecule has 0 radical (unpaired) electrons. The van der Waals surface area contributed by atoms with Crippen LogP contribution in [0.1, 0.15) is 23.7 Å². The fraction of sp³-hybridized carbons (Fsp3) is 0.364. The van der Waals surface area contributed by atoms with Crippen LogP contribution in [-0.2, 0) is 0 Å². The summed E-state index contributed by atoms with van der Waals surface area (Å²) in [4.78, 5) is 16.6. The number of rotatable bonds is 5. The highest BCUT2D eigenvalue weighted by Gasteiger charge is 2.07. The maximum Gasteiger partial charge on any atom is 0.337 e. The largest absolute Gasteiger partial charge is 0.478 e. The molecule has 16 heavy (non-hydrogen) atoms. The zero-order valence-electron chi connectivity index (χ0n) is 9.05. The van der Waals surface area contributed by atoms with Gasteiger partial charge in [-0.2, -0.15) is 5.26 Å². The van der Waals surface area contributed by atoms with Gasteiger partial charge in [0.05, 0.1) is 18.1 Å². The van der Waals surface area contributed by atoms with Crippen LogP contribution in [0, 0.1) is 11.3 Å². The van der Waals surface area contributed by atoms with E-state index in [2.05, 4.69) is 11.1 Å². The minimum Gasteiger partial charge on any atom is -0.478 e. The highest BCUT2D eigenvalue weighted by atomic mass is 16.4. The third kappa shape index (κ3) is 2.95. The summed E-state index contributed by atoms with van der Waals surface area (Å²) in [5.41, 5.74) is 0.167. The minimum atomic E-state index is -0.987. The van der Waals surface area contributed by atoms with E-state index in [0.717, 1.165) is 6.54 Å². The van der Waals surface area contributed by atoms with Crippen LogP contribution in [0.25, 0.3) is 0 Å². The van der Waals surface area contributed by atoms with Crippen molar-refractivity contribution in [1.82, 2.24) is 4.98 Å². The molecule has 5 nitrogen and oxygen atoms in total. The summed E-state index contributed by atoms with van der Waals surface area (Å²) in [7, 11) is 0. The molecule has 5 heteroatoms. The zero-order valence-corrected chi connectivity index (χ0v) is 9.05. The van der Waals surface area contributed by atoms with E-state index in [1.807, 2.05) is 11.8 Å². The van der Waals surface area contributed by atoms with Crippen molar-refractivity contribution in [2.45, 2.75) is 13.3 Å². The molecule has 84 valence electrons. The molecular formula is C11H13N3O2. The molecule has 1 N–H and O–H groups in total. The van der Waals surface area contributed by atoms with Crippen LogP contribution in [0.3, 0.4) is 0 Å². The van der Waals surface area contributed by atoms with Gasteiger partial charge < -0.3 is 10.0 Å². The number of aromatic nitrogens is 1. The second-order valence-corrected chi connectivity index (χ2v) is 3.20.